The maximum absolute atomic E-state index is 11.9. The van der Waals surface area contributed by atoms with E-state index in [4.69, 9.17) is 30.6 Å². The molecule has 22 nitrogen and oxygen atoms in total. The van der Waals surface area contributed by atoms with Crippen LogP contribution >= 0.6 is 0 Å². The highest BCUT2D eigenvalue weighted by Gasteiger charge is 2.14. The van der Waals surface area contributed by atoms with Crippen LogP contribution in [0.4, 0.5) is 0 Å². The molecule has 0 unspecified atom stereocenters. The van der Waals surface area contributed by atoms with Crippen LogP contribution in [0.3, 0.4) is 0 Å². The second-order valence-electron chi connectivity index (χ2n) is 36.9. The fraction of sp³-hybridized carbons (Fsp3) is 0.795. The van der Waals surface area contributed by atoms with Crippen molar-refractivity contribution in [3.8, 4) is 0 Å². The lowest BCUT2D eigenvalue weighted by Crippen LogP contribution is -2.35. The monoisotopic (exact) mass is 1970 g/mol. The molecule has 0 rings (SSSR count). The van der Waals surface area contributed by atoms with Crippen LogP contribution in [0, 0.1) is 0 Å². The number of carbonyl (C=O) groups excluding carboxylic acids is 8. The molecule has 0 spiro atoms. The Kier molecular flexibility index (Phi) is 142. The maximum atomic E-state index is 11.9. The largest absolute Gasteiger partial charge is 0.395 e. The number of allylic oxidation sites excluding steroid dienone is 13. The lowest BCUT2D eigenvalue weighted by molar-refractivity contribution is -0.132. The number of hydrogen-bond donors (Lipinski definition) is 9. The first-order valence-corrected chi connectivity index (χ1v) is 56.2. The van der Waals surface area contributed by atoms with Gasteiger partial charge in [-0.2, -0.15) is 0 Å². The molecule has 0 saturated carbocycles. The predicted octanol–water partition coefficient (Wildman–Crippen LogP) is 26.1. The minimum absolute atomic E-state index is 0.0211. The maximum Gasteiger partial charge on any atom is 0.222 e. The van der Waals surface area contributed by atoms with E-state index >= 15 is 0 Å². The van der Waals surface area contributed by atoms with Gasteiger partial charge in [0.05, 0.1) is 39.6 Å². The van der Waals surface area contributed by atoms with E-state index in [9.17, 15) is 38.4 Å². The zero-order chi connectivity index (χ0) is 105. The number of amides is 8. The van der Waals surface area contributed by atoms with Gasteiger partial charge in [-0.15, -0.1) is 19.7 Å². The molecule has 0 aromatic heterocycles. The molecule has 0 saturated heterocycles. The van der Waals surface area contributed by atoms with E-state index < -0.39 is 0 Å². The molecule has 9 N–H and O–H groups in total. The average Bonchev–Trinajstić information content (AvgIpc) is 0.954. The standard InChI is InChI=1S/C18H35NO.C16H31NO3.C16H31NO2.C15H29NO2.C14H27NO2.C14H27NO.C12H23NO2.C12H23NO/c1-4-5-6-7-8-9-10-11-12-13-14-15-16-17-18(20)19(2)3;1-2-3-4-5-6-7-8-9-10-11-16(20)17(12-14-18)13-15-19;1-2-3-4-5-6-7-8-9-10-11-12-13-16(19)17-14-15-18;1-3-5-6-7-8-9-10-11-15(18)16(12-4-2)13-14-17;1-2-3-4-5-6-7-8-9-10-11-14(17)15-12-13-16;1-4-5-6-7-8-9-10-11-12-13-14(16)15(2)3;1-2-3-4-5-6-7-8-9-12(15)13-10-11-14;1-4-5-6-7-8-9-10-11-12(14)13(2)3/h9-10H,4-8,11-17H2,1-3H3;3-4,18-19H,2,5-15H2,1H3;5-6,18H,2-4,7-15H2,1H3,(H,17,19);3,17H,1,4-14H2,2H3;3-4,16H,2,5-13H2,1H3,(H,15,17);5-6H,4,7-13H2,1-3H3;2,14H,1,3-11H2,(H,13,15);4H,1,5-11H2,2-3H3/b10-9+;4-3+;6-5+;;4-3+;6-5+;;. The Balaban J connectivity index is -0.000000236. The Hall–Kier alpha value is -6.56. The van der Waals surface area contributed by atoms with Crippen molar-refractivity contribution in [3.05, 3.63) is 98.7 Å². The number of rotatable bonds is 89. The summed E-state index contributed by atoms with van der Waals surface area (Å²) in [5.41, 5.74) is 0. The first-order chi connectivity index (χ1) is 67.5. The fourth-order valence-corrected chi connectivity index (χ4v) is 14.2. The van der Waals surface area contributed by atoms with Gasteiger partial charge in [-0.25, -0.2) is 0 Å². The van der Waals surface area contributed by atoms with E-state index in [0.717, 1.165) is 141 Å². The molecular weight excluding hydrogens is 1740 g/mol. The molecule has 0 aliphatic rings. The fourth-order valence-electron chi connectivity index (χ4n) is 14.2. The molecule has 0 aromatic rings. The van der Waals surface area contributed by atoms with Gasteiger partial charge in [0.2, 0.25) is 47.3 Å². The van der Waals surface area contributed by atoms with Crippen LogP contribution in [0.25, 0.3) is 0 Å². The number of carbonyl (C=O) groups is 8. The molecule has 0 fully saturated rings. The average molecular weight is 1970 g/mol. The van der Waals surface area contributed by atoms with E-state index in [-0.39, 0.29) is 86.9 Å². The molecule has 818 valence electrons. The summed E-state index contributed by atoms with van der Waals surface area (Å²) in [7, 11) is 10.9. The summed E-state index contributed by atoms with van der Waals surface area (Å²) in [6.45, 7) is 27.1. The van der Waals surface area contributed by atoms with Crippen molar-refractivity contribution in [1.29, 1.82) is 0 Å². The first kappa shape index (κ1) is 148. The zero-order valence-electron chi connectivity index (χ0n) is 92.6. The molecule has 0 aliphatic heterocycles. The van der Waals surface area contributed by atoms with Crippen LogP contribution in [-0.2, 0) is 38.4 Å². The van der Waals surface area contributed by atoms with Gasteiger partial charge < -0.3 is 71.1 Å². The van der Waals surface area contributed by atoms with E-state index in [1.807, 2.05) is 60.5 Å². The van der Waals surface area contributed by atoms with Crippen molar-refractivity contribution in [2.45, 2.75) is 478 Å². The van der Waals surface area contributed by atoms with E-state index in [1.54, 1.807) is 19.6 Å². The van der Waals surface area contributed by atoms with Gasteiger partial charge in [0.25, 0.3) is 0 Å². The van der Waals surface area contributed by atoms with Crippen molar-refractivity contribution in [2.75, 3.05) is 128 Å². The third kappa shape index (κ3) is 140. The molecule has 0 radical (unpaired) electrons. The zero-order valence-corrected chi connectivity index (χ0v) is 92.6. The quantitative estimate of drug-likeness (QED) is 0.0202. The number of aliphatic hydroxyl groups excluding tert-OH is 6. The number of nitrogens with one attached hydrogen (secondary N) is 3. The second-order valence-corrected chi connectivity index (χ2v) is 36.9. The van der Waals surface area contributed by atoms with Crippen LogP contribution in [-0.4, -0.2) is 230 Å². The van der Waals surface area contributed by atoms with Gasteiger partial charge >= 0.3 is 0 Å². The lowest BCUT2D eigenvalue weighted by Gasteiger charge is -2.20. The minimum Gasteiger partial charge on any atom is -0.395 e. The summed E-state index contributed by atoms with van der Waals surface area (Å²) in [5.74, 6) is 1.17. The highest BCUT2D eigenvalue weighted by molar-refractivity contribution is 5.78. The summed E-state index contributed by atoms with van der Waals surface area (Å²) in [6.07, 6.45) is 105. The van der Waals surface area contributed by atoms with Gasteiger partial charge in [0, 0.05) is 139 Å². The van der Waals surface area contributed by atoms with Crippen molar-refractivity contribution < 1.29 is 69.0 Å². The minimum atomic E-state index is -0.0446. The van der Waals surface area contributed by atoms with Gasteiger partial charge in [-0.05, 0) is 199 Å². The molecule has 8 amide bonds. The van der Waals surface area contributed by atoms with Crippen LogP contribution in [0.1, 0.15) is 478 Å². The van der Waals surface area contributed by atoms with Gasteiger partial charge in [0.1, 0.15) is 0 Å². The van der Waals surface area contributed by atoms with Crippen LogP contribution in [0.2, 0.25) is 0 Å². The Labute approximate surface area is 856 Å². The van der Waals surface area contributed by atoms with Crippen molar-refractivity contribution in [1.82, 2.24) is 40.4 Å². The first-order valence-electron chi connectivity index (χ1n) is 56.2. The molecule has 0 bridgehead atoms. The van der Waals surface area contributed by atoms with E-state index in [2.05, 4.69) is 138 Å². The van der Waals surface area contributed by atoms with Crippen molar-refractivity contribution in [3.63, 3.8) is 0 Å². The Morgan fingerprint density at radius 2 is 0.396 bits per heavy atom. The third-order valence-electron chi connectivity index (χ3n) is 22.8. The molecule has 0 aliphatic carbocycles. The summed E-state index contributed by atoms with van der Waals surface area (Å²) < 4.78 is 0. The number of aliphatic hydroxyl groups is 6. The summed E-state index contributed by atoms with van der Waals surface area (Å²) in [6, 6.07) is 0. The topological polar surface area (TPSA) is 310 Å². The van der Waals surface area contributed by atoms with Crippen molar-refractivity contribution in [2.24, 2.45) is 0 Å². The molecule has 0 heterocycles. The molecule has 0 atom stereocenters. The molecular formula is C117H226N8O14. The number of nitrogens with zero attached hydrogens (tertiary/aromatic N) is 5. The summed E-state index contributed by atoms with van der Waals surface area (Å²) in [5, 5.41) is 60.2. The molecule has 139 heavy (non-hydrogen) atoms. The Morgan fingerprint density at radius 1 is 0.209 bits per heavy atom. The Morgan fingerprint density at radius 3 is 0.597 bits per heavy atom. The Bertz CT molecular complexity index is 2750. The molecule has 22 heteroatoms. The molecule has 0 aromatic carbocycles. The smallest absolute Gasteiger partial charge is 0.222 e. The van der Waals surface area contributed by atoms with Crippen LogP contribution in [0.15, 0.2) is 98.7 Å². The highest BCUT2D eigenvalue weighted by Crippen LogP contribution is 2.17. The van der Waals surface area contributed by atoms with Gasteiger partial charge in [0.15, 0.2) is 0 Å². The third-order valence-corrected chi connectivity index (χ3v) is 22.8. The normalized spacial score (nSPS) is 10.7. The number of unbranched alkanes of at least 4 members (excludes halogenated alkanes) is 46. The number of hydrogen-bond acceptors (Lipinski definition) is 14. The van der Waals surface area contributed by atoms with Crippen LogP contribution in [0.5, 0.6) is 0 Å². The summed E-state index contributed by atoms with van der Waals surface area (Å²) in [4.78, 5) is 99.4. The van der Waals surface area contributed by atoms with Crippen LogP contribution < -0.4 is 16.0 Å². The predicted molar refractivity (Wildman–Crippen MR) is 595 cm³/mol. The highest BCUT2D eigenvalue weighted by atomic mass is 16.3. The van der Waals surface area contributed by atoms with E-state index in [1.165, 1.54) is 255 Å². The second kappa shape index (κ2) is 133. The summed E-state index contributed by atoms with van der Waals surface area (Å²) >= 11 is 0. The van der Waals surface area contributed by atoms with Crippen molar-refractivity contribution >= 4 is 47.3 Å². The SMILES string of the molecule is C=CCCCCCCCC(=O)N(C)C.C=CCCCCCCCC(=O)N(CCC)CCO.C=CCCCCCCCC(=O)NCCO.CC/C=C/CCCCCCCC(=O)N(C)C.CC/C=C/CCCCCCCC(=O)N(CCO)CCO.CC/C=C/CCCCCCCC(=O)NCCO.CCCC/C=C/CCCCCCCC(=O)NCCO.CCCCCC/C=C/CCCCCCCC(=O)N(C)C. The van der Waals surface area contributed by atoms with Gasteiger partial charge in [-0.3, -0.25) is 38.4 Å². The van der Waals surface area contributed by atoms with E-state index in [0.29, 0.717) is 90.6 Å². The lowest BCUT2D eigenvalue weighted by atomic mass is 10.1. The van der Waals surface area contributed by atoms with Gasteiger partial charge in [-0.1, -0.05) is 307 Å².